The fourth-order valence-electron chi connectivity index (χ4n) is 3.43. The molecule has 1 saturated heterocycles. The predicted octanol–water partition coefficient (Wildman–Crippen LogP) is 0.258. The minimum Gasteiger partial charge on any atom is -0.481 e. The Bertz CT molecular complexity index is 433. The van der Waals surface area contributed by atoms with Gasteiger partial charge in [0.1, 0.15) is 0 Å². The van der Waals surface area contributed by atoms with Crippen molar-refractivity contribution < 1.29 is 19.8 Å². The number of rotatable bonds is 4. The van der Waals surface area contributed by atoms with E-state index < -0.39 is 28.8 Å². The lowest BCUT2D eigenvalue weighted by atomic mass is 10.1. The van der Waals surface area contributed by atoms with Crippen LogP contribution in [0.2, 0.25) is 0 Å². The molecule has 1 saturated carbocycles. The maximum atomic E-state index is 12.5. The highest BCUT2D eigenvalue weighted by atomic mass is 16.4. The first kappa shape index (κ1) is 16.2. The molecule has 2 N–H and O–H groups in total. The van der Waals surface area contributed by atoms with E-state index in [1.165, 1.54) is 0 Å². The van der Waals surface area contributed by atoms with E-state index in [9.17, 15) is 14.7 Å². The van der Waals surface area contributed by atoms with Crippen LogP contribution in [0.5, 0.6) is 0 Å². The zero-order chi connectivity index (χ0) is 16.0. The summed E-state index contributed by atoms with van der Waals surface area (Å²) in [5.74, 6) is -1.86. The minimum atomic E-state index is -0.876. The number of carbonyl (C=O) groups excluding carboxylic acids is 1. The fourth-order valence-corrected chi connectivity index (χ4v) is 3.43. The third-order valence-corrected chi connectivity index (χ3v) is 4.65. The van der Waals surface area contributed by atoms with Gasteiger partial charge in [0, 0.05) is 32.7 Å². The van der Waals surface area contributed by atoms with Gasteiger partial charge in [0.2, 0.25) is 5.91 Å². The van der Waals surface area contributed by atoms with Crippen molar-refractivity contribution in [1.29, 1.82) is 0 Å². The largest absolute Gasteiger partial charge is 0.481 e. The summed E-state index contributed by atoms with van der Waals surface area (Å²) in [6, 6.07) is 0. The minimum absolute atomic E-state index is 0.0321. The van der Waals surface area contributed by atoms with Crippen LogP contribution in [0.1, 0.15) is 27.7 Å². The number of carbonyl (C=O) groups is 2. The summed E-state index contributed by atoms with van der Waals surface area (Å²) in [6.45, 7) is 10.5. The molecule has 2 fully saturated rings. The Hall–Kier alpha value is -1.14. The summed E-state index contributed by atoms with van der Waals surface area (Å²) in [4.78, 5) is 27.6. The highest BCUT2D eigenvalue weighted by Crippen LogP contribution is 2.59. The van der Waals surface area contributed by atoms with Gasteiger partial charge < -0.3 is 15.1 Å². The first-order valence-electron chi connectivity index (χ1n) is 7.50. The van der Waals surface area contributed by atoms with Gasteiger partial charge >= 0.3 is 5.97 Å². The molecule has 1 aliphatic carbocycles. The quantitative estimate of drug-likeness (QED) is 0.778. The SMILES string of the molecule is CC(C)(O)CN1CCN(C(=O)C2C(C(=O)O)C2(C)C)CC1. The molecule has 2 unspecified atom stereocenters. The molecule has 6 heteroatoms. The molecular weight excluding hydrogens is 272 g/mol. The molecule has 0 spiro atoms. The summed E-state index contributed by atoms with van der Waals surface area (Å²) in [6.07, 6.45) is 0. The van der Waals surface area contributed by atoms with Crippen LogP contribution < -0.4 is 0 Å². The molecule has 0 radical (unpaired) electrons. The Morgan fingerprint density at radius 3 is 2.05 bits per heavy atom. The number of carboxylic acids is 1. The van der Waals surface area contributed by atoms with Gasteiger partial charge in [0.15, 0.2) is 0 Å². The average Bonchev–Trinajstić information content (AvgIpc) is 2.90. The zero-order valence-electron chi connectivity index (χ0n) is 13.3. The number of piperazine rings is 1. The van der Waals surface area contributed by atoms with Gasteiger partial charge in [0.25, 0.3) is 0 Å². The van der Waals surface area contributed by atoms with E-state index in [0.717, 1.165) is 13.1 Å². The Balaban J connectivity index is 1.89. The van der Waals surface area contributed by atoms with E-state index >= 15 is 0 Å². The Morgan fingerprint density at radius 1 is 1.14 bits per heavy atom. The van der Waals surface area contributed by atoms with Crippen LogP contribution in [0.25, 0.3) is 0 Å². The molecule has 2 rings (SSSR count). The van der Waals surface area contributed by atoms with Gasteiger partial charge in [-0.3, -0.25) is 14.5 Å². The molecule has 2 atom stereocenters. The molecule has 0 aromatic heterocycles. The predicted molar refractivity (Wildman–Crippen MR) is 77.7 cm³/mol. The van der Waals surface area contributed by atoms with E-state index in [1.54, 1.807) is 18.7 Å². The van der Waals surface area contributed by atoms with Crippen molar-refractivity contribution in [2.45, 2.75) is 33.3 Å². The van der Waals surface area contributed by atoms with Gasteiger partial charge in [-0.05, 0) is 19.3 Å². The Kier molecular flexibility index (Phi) is 4.06. The number of hydrogen-bond donors (Lipinski definition) is 2. The van der Waals surface area contributed by atoms with Crippen molar-refractivity contribution >= 4 is 11.9 Å². The van der Waals surface area contributed by atoms with E-state index in [-0.39, 0.29) is 5.91 Å². The van der Waals surface area contributed by atoms with Crippen molar-refractivity contribution in [3.63, 3.8) is 0 Å². The van der Waals surface area contributed by atoms with Crippen molar-refractivity contribution in [2.75, 3.05) is 32.7 Å². The lowest BCUT2D eigenvalue weighted by Gasteiger charge is -2.37. The molecule has 2 aliphatic rings. The summed E-state index contributed by atoms with van der Waals surface area (Å²) < 4.78 is 0. The number of amides is 1. The molecule has 1 amide bonds. The average molecular weight is 298 g/mol. The van der Waals surface area contributed by atoms with Crippen LogP contribution in [0.3, 0.4) is 0 Å². The summed E-state index contributed by atoms with van der Waals surface area (Å²) in [7, 11) is 0. The van der Waals surface area contributed by atoms with Gasteiger partial charge in [-0.2, -0.15) is 0 Å². The van der Waals surface area contributed by atoms with E-state index in [4.69, 9.17) is 5.11 Å². The molecule has 21 heavy (non-hydrogen) atoms. The maximum absolute atomic E-state index is 12.5. The number of aliphatic hydroxyl groups is 1. The van der Waals surface area contributed by atoms with Gasteiger partial charge in [-0.1, -0.05) is 13.8 Å². The zero-order valence-corrected chi connectivity index (χ0v) is 13.3. The van der Waals surface area contributed by atoms with Crippen LogP contribution in [0.4, 0.5) is 0 Å². The third kappa shape index (κ3) is 3.37. The molecule has 6 nitrogen and oxygen atoms in total. The standard InChI is InChI=1S/C15H26N2O4/c1-14(2,21)9-16-5-7-17(8-6-16)12(18)10-11(13(19)20)15(10,3)4/h10-11,21H,5-9H2,1-4H3,(H,19,20). The van der Waals surface area contributed by atoms with Crippen molar-refractivity contribution in [2.24, 2.45) is 17.3 Å². The van der Waals surface area contributed by atoms with E-state index in [2.05, 4.69) is 4.90 Å². The number of nitrogens with zero attached hydrogens (tertiary/aromatic N) is 2. The second-order valence-electron chi connectivity index (χ2n) is 7.53. The van der Waals surface area contributed by atoms with Crippen molar-refractivity contribution in [1.82, 2.24) is 9.80 Å². The third-order valence-electron chi connectivity index (χ3n) is 4.65. The molecule has 0 aromatic carbocycles. The Labute approximate surface area is 125 Å². The molecule has 0 bridgehead atoms. The second-order valence-corrected chi connectivity index (χ2v) is 7.53. The smallest absolute Gasteiger partial charge is 0.307 e. The van der Waals surface area contributed by atoms with E-state index in [1.807, 2.05) is 13.8 Å². The lowest BCUT2D eigenvalue weighted by molar-refractivity contribution is -0.142. The first-order chi connectivity index (χ1) is 9.54. The highest BCUT2D eigenvalue weighted by molar-refractivity contribution is 5.91. The monoisotopic (exact) mass is 298 g/mol. The number of carboxylic acid groups (broad SMARTS) is 1. The summed E-state index contributed by atoms with van der Waals surface area (Å²) in [5.41, 5.74) is -1.17. The topological polar surface area (TPSA) is 81.1 Å². The van der Waals surface area contributed by atoms with Gasteiger partial charge in [-0.15, -0.1) is 0 Å². The second kappa shape index (κ2) is 5.25. The van der Waals surface area contributed by atoms with Crippen LogP contribution >= 0.6 is 0 Å². The summed E-state index contributed by atoms with van der Waals surface area (Å²) in [5, 5.41) is 19.0. The molecule has 1 aliphatic heterocycles. The number of β-amino-alcohol motifs (C(OH)–C–C–N with tert-alkyl or cyclic N) is 1. The first-order valence-corrected chi connectivity index (χ1v) is 7.50. The number of hydrogen-bond acceptors (Lipinski definition) is 4. The molecule has 0 aromatic rings. The van der Waals surface area contributed by atoms with E-state index in [0.29, 0.717) is 19.6 Å². The summed E-state index contributed by atoms with van der Waals surface area (Å²) >= 11 is 0. The lowest BCUT2D eigenvalue weighted by Crippen LogP contribution is -2.52. The van der Waals surface area contributed by atoms with Gasteiger partial charge in [0.05, 0.1) is 17.4 Å². The molecule has 120 valence electrons. The van der Waals surface area contributed by atoms with Crippen LogP contribution in [0, 0.1) is 17.3 Å². The molecule has 1 heterocycles. The highest BCUT2D eigenvalue weighted by Gasteiger charge is 2.66. The van der Waals surface area contributed by atoms with Gasteiger partial charge in [-0.25, -0.2) is 0 Å². The Morgan fingerprint density at radius 2 is 1.67 bits per heavy atom. The normalized spacial score (nSPS) is 29.3. The molecular formula is C15H26N2O4. The van der Waals surface area contributed by atoms with Crippen LogP contribution in [-0.4, -0.2) is 70.2 Å². The fraction of sp³-hybridized carbons (Fsp3) is 0.867. The van der Waals surface area contributed by atoms with Crippen LogP contribution in [0.15, 0.2) is 0 Å². The number of aliphatic carboxylic acids is 1. The maximum Gasteiger partial charge on any atom is 0.307 e. The van der Waals surface area contributed by atoms with Crippen LogP contribution in [-0.2, 0) is 9.59 Å². The van der Waals surface area contributed by atoms with Crippen molar-refractivity contribution in [3.8, 4) is 0 Å². The van der Waals surface area contributed by atoms with Crippen molar-refractivity contribution in [3.05, 3.63) is 0 Å².